The lowest BCUT2D eigenvalue weighted by Crippen LogP contribution is -2.29. The molecular formula is C28H24N4O3. The Morgan fingerprint density at radius 1 is 0.771 bits per heavy atom. The maximum Gasteiger partial charge on any atom is 0.224 e. The Labute approximate surface area is 203 Å². The Bertz CT molecular complexity index is 1410. The van der Waals surface area contributed by atoms with Gasteiger partial charge in [0, 0.05) is 48.8 Å². The molecule has 0 aliphatic carbocycles. The third kappa shape index (κ3) is 4.48. The van der Waals surface area contributed by atoms with Crippen molar-refractivity contribution in [2.24, 2.45) is 0 Å². The zero-order chi connectivity index (χ0) is 24.4. The minimum atomic E-state index is -0.0408. The number of hydrogen-bond acceptors (Lipinski definition) is 6. The number of ether oxygens (including phenoxy) is 2. The van der Waals surface area contributed by atoms with Gasteiger partial charge < -0.3 is 14.4 Å². The highest BCUT2D eigenvalue weighted by atomic mass is 16.5. The second kappa shape index (κ2) is 9.38. The van der Waals surface area contributed by atoms with Gasteiger partial charge in [0.1, 0.15) is 0 Å². The molecule has 0 spiro atoms. The first-order valence-electron chi connectivity index (χ1n) is 11.2. The van der Waals surface area contributed by atoms with Crippen LogP contribution in [0.15, 0.2) is 67.1 Å². The van der Waals surface area contributed by atoms with Crippen LogP contribution < -0.4 is 14.4 Å². The van der Waals surface area contributed by atoms with Crippen LogP contribution in [0.25, 0.3) is 34.5 Å². The number of carbonyl (C=O) groups is 1. The van der Waals surface area contributed by atoms with Crippen molar-refractivity contribution < 1.29 is 14.3 Å². The molecule has 0 atom stereocenters. The van der Waals surface area contributed by atoms with Crippen molar-refractivity contribution in [2.75, 3.05) is 19.1 Å². The maximum atomic E-state index is 12.7. The fourth-order valence-corrected chi connectivity index (χ4v) is 4.08. The topological polar surface area (TPSA) is 77.4 Å². The number of rotatable bonds is 4. The molecule has 1 aromatic carbocycles. The van der Waals surface area contributed by atoms with Crippen LogP contribution in [-0.2, 0) is 11.3 Å². The van der Waals surface area contributed by atoms with Gasteiger partial charge in [-0.3, -0.25) is 9.78 Å². The van der Waals surface area contributed by atoms with Crippen molar-refractivity contribution in [3.8, 4) is 34.1 Å². The molecule has 0 radical (unpaired) electrons. The van der Waals surface area contributed by atoms with Crippen LogP contribution in [0.3, 0.4) is 0 Å². The summed E-state index contributed by atoms with van der Waals surface area (Å²) < 4.78 is 10.3. The molecule has 1 aliphatic heterocycles. The average molecular weight is 465 g/mol. The van der Waals surface area contributed by atoms with E-state index in [9.17, 15) is 4.79 Å². The molecule has 5 rings (SSSR count). The van der Waals surface area contributed by atoms with Crippen molar-refractivity contribution in [3.05, 3.63) is 83.8 Å². The molecule has 4 heterocycles. The number of nitrogens with zero attached hydrogens (tertiary/aromatic N) is 4. The van der Waals surface area contributed by atoms with Gasteiger partial charge in [-0.15, -0.1) is 0 Å². The minimum absolute atomic E-state index is 0.0408. The van der Waals surface area contributed by atoms with Gasteiger partial charge >= 0.3 is 0 Å². The summed E-state index contributed by atoms with van der Waals surface area (Å²) in [5, 5.41) is 0. The number of benzene rings is 1. The molecule has 0 fully saturated rings. The first-order chi connectivity index (χ1) is 17.1. The molecule has 0 N–H and O–H groups in total. The van der Waals surface area contributed by atoms with E-state index in [1.54, 1.807) is 38.4 Å². The predicted octanol–water partition coefficient (Wildman–Crippen LogP) is 5.26. The zero-order valence-electron chi connectivity index (χ0n) is 19.7. The average Bonchev–Trinajstić information content (AvgIpc) is 2.89. The molecule has 35 heavy (non-hydrogen) atoms. The van der Waals surface area contributed by atoms with E-state index in [0.29, 0.717) is 18.3 Å². The van der Waals surface area contributed by atoms with E-state index in [1.807, 2.05) is 60.8 Å². The second-order valence-corrected chi connectivity index (χ2v) is 8.16. The van der Waals surface area contributed by atoms with E-state index >= 15 is 0 Å². The summed E-state index contributed by atoms with van der Waals surface area (Å²) in [6.07, 6.45) is 9.45. The Morgan fingerprint density at radius 2 is 1.43 bits per heavy atom. The Balaban J connectivity index is 1.54. The molecule has 1 amide bonds. The lowest BCUT2D eigenvalue weighted by molar-refractivity contribution is -0.116. The Morgan fingerprint density at radius 3 is 2.06 bits per heavy atom. The van der Waals surface area contributed by atoms with Crippen molar-refractivity contribution in [1.29, 1.82) is 0 Å². The number of fused-ring (bicyclic) bond motifs is 2. The minimum Gasteiger partial charge on any atom is -0.481 e. The van der Waals surface area contributed by atoms with Gasteiger partial charge in [0.2, 0.25) is 17.7 Å². The van der Waals surface area contributed by atoms with Crippen LogP contribution in [0.5, 0.6) is 11.8 Å². The van der Waals surface area contributed by atoms with Crippen LogP contribution in [0.2, 0.25) is 0 Å². The van der Waals surface area contributed by atoms with Crippen LogP contribution in [0.1, 0.15) is 23.6 Å². The molecule has 7 heteroatoms. The number of amides is 1. The fourth-order valence-electron chi connectivity index (χ4n) is 4.08. The van der Waals surface area contributed by atoms with Gasteiger partial charge in [0.25, 0.3) is 0 Å². The molecule has 4 aromatic rings. The molecule has 0 saturated carbocycles. The SMILES string of the molecule is COc1ccc(-c2ccc3c(c2)N(C(C)=O)Cc2cnc(-c4ccc(OC)nc4)cc2/C=C\3)cn1. The maximum absolute atomic E-state index is 12.7. The monoisotopic (exact) mass is 464 g/mol. The molecular weight excluding hydrogens is 440 g/mol. The summed E-state index contributed by atoms with van der Waals surface area (Å²) in [6.45, 7) is 2.00. The van der Waals surface area contributed by atoms with E-state index in [4.69, 9.17) is 9.47 Å². The predicted molar refractivity (Wildman–Crippen MR) is 136 cm³/mol. The Kier molecular flexibility index (Phi) is 5.97. The van der Waals surface area contributed by atoms with Gasteiger partial charge in [-0.2, -0.15) is 0 Å². The molecule has 0 unspecified atom stereocenters. The summed E-state index contributed by atoms with van der Waals surface area (Å²) >= 11 is 0. The lowest BCUT2D eigenvalue weighted by atomic mass is 9.98. The third-order valence-corrected chi connectivity index (χ3v) is 6.01. The van der Waals surface area contributed by atoms with E-state index in [1.165, 1.54) is 0 Å². The Hall–Kier alpha value is -4.52. The van der Waals surface area contributed by atoms with Crippen LogP contribution in [0, 0.1) is 0 Å². The number of anilines is 1. The molecule has 1 aliphatic rings. The van der Waals surface area contributed by atoms with Crippen LogP contribution in [0.4, 0.5) is 5.69 Å². The molecule has 0 bridgehead atoms. The van der Waals surface area contributed by atoms with Crippen molar-refractivity contribution in [1.82, 2.24) is 15.0 Å². The van der Waals surface area contributed by atoms with Crippen LogP contribution in [-0.4, -0.2) is 35.1 Å². The van der Waals surface area contributed by atoms with Crippen molar-refractivity contribution >= 4 is 23.7 Å². The summed E-state index contributed by atoms with van der Waals surface area (Å²) in [4.78, 5) is 27.8. The van der Waals surface area contributed by atoms with Gasteiger partial charge in [0.05, 0.1) is 32.1 Å². The van der Waals surface area contributed by atoms with Gasteiger partial charge in [-0.25, -0.2) is 9.97 Å². The van der Waals surface area contributed by atoms with Gasteiger partial charge in [-0.05, 0) is 46.5 Å². The summed E-state index contributed by atoms with van der Waals surface area (Å²) in [7, 11) is 3.18. The number of hydrogen-bond donors (Lipinski definition) is 0. The van der Waals surface area contributed by atoms with E-state index in [-0.39, 0.29) is 5.91 Å². The zero-order valence-corrected chi connectivity index (χ0v) is 19.7. The van der Waals surface area contributed by atoms with Crippen molar-refractivity contribution in [3.63, 3.8) is 0 Å². The molecule has 3 aromatic heterocycles. The number of carbonyl (C=O) groups excluding carboxylic acids is 1. The molecule has 7 nitrogen and oxygen atoms in total. The summed E-state index contributed by atoms with van der Waals surface area (Å²) in [5.41, 5.74) is 7.39. The quantitative estimate of drug-likeness (QED) is 0.410. The smallest absolute Gasteiger partial charge is 0.224 e. The second-order valence-electron chi connectivity index (χ2n) is 8.16. The molecule has 174 valence electrons. The highest BCUT2D eigenvalue weighted by Gasteiger charge is 2.20. The van der Waals surface area contributed by atoms with E-state index in [2.05, 4.69) is 21.0 Å². The van der Waals surface area contributed by atoms with Gasteiger partial charge in [0.15, 0.2) is 0 Å². The fraction of sp³-hybridized carbons (Fsp3) is 0.143. The normalized spacial score (nSPS) is 13.2. The highest BCUT2D eigenvalue weighted by Crippen LogP contribution is 2.34. The standard InChI is InChI=1S/C28H24N4O3/c1-18(33)32-17-24-16-29-25(23-9-11-28(35-3)31-15-23)12-20(24)6-4-19-5-7-21(13-26(19)32)22-8-10-27(34-2)30-14-22/h4-16H,17H2,1-3H3/b6-4-. The van der Waals surface area contributed by atoms with Gasteiger partial charge in [-0.1, -0.05) is 24.3 Å². The highest BCUT2D eigenvalue weighted by molar-refractivity contribution is 5.96. The largest absolute Gasteiger partial charge is 0.481 e. The number of methoxy groups -OCH3 is 2. The number of aromatic nitrogens is 3. The van der Waals surface area contributed by atoms with Crippen LogP contribution >= 0.6 is 0 Å². The summed E-state index contributed by atoms with van der Waals surface area (Å²) in [6, 6.07) is 15.6. The first-order valence-corrected chi connectivity index (χ1v) is 11.2. The first kappa shape index (κ1) is 22.3. The molecule has 0 saturated heterocycles. The number of pyridine rings is 3. The van der Waals surface area contributed by atoms with E-state index in [0.717, 1.165) is 44.8 Å². The van der Waals surface area contributed by atoms with Crippen molar-refractivity contribution in [2.45, 2.75) is 13.5 Å². The van der Waals surface area contributed by atoms with E-state index < -0.39 is 0 Å². The third-order valence-electron chi connectivity index (χ3n) is 6.01. The summed E-state index contributed by atoms with van der Waals surface area (Å²) in [5.74, 6) is 1.07. The lowest BCUT2D eigenvalue weighted by Gasteiger charge is -2.26.